The van der Waals surface area contributed by atoms with E-state index in [4.69, 9.17) is 4.84 Å². The molecule has 1 amide bonds. The zero-order chi connectivity index (χ0) is 14.6. The molecule has 1 fully saturated rings. The first kappa shape index (κ1) is 15.2. The third kappa shape index (κ3) is 4.72. The number of carbonyl (C=O) groups is 1. The van der Waals surface area contributed by atoms with Crippen LogP contribution in [0.4, 0.5) is 13.2 Å². The molecule has 0 aliphatic heterocycles. The molecule has 0 bridgehead atoms. The van der Waals surface area contributed by atoms with E-state index in [0.717, 1.165) is 25.7 Å². The number of thioether (sulfide) groups is 1. The number of hydrogen-bond donors (Lipinski definition) is 1. The summed E-state index contributed by atoms with van der Waals surface area (Å²) in [6.45, 7) is 0. The molecular formula is C13H14F3NO2S. The molecule has 1 aliphatic carbocycles. The van der Waals surface area contributed by atoms with Crippen LogP contribution >= 0.6 is 11.8 Å². The standard InChI is InChI=1S/C13H14F3NO2S/c14-13(15,16)20-11-7-5-9(6-8-11)12(18)17-19-10-3-1-2-4-10/h5-8,10H,1-4H2,(H,17,18). The van der Waals surface area contributed by atoms with Crippen molar-refractivity contribution in [2.24, 2.45) is 0 Å². The van der Waals surface area contributed by atoms with Crippen LogP contribution in [0.5, 0.6) is 0 Å². The Hall–Kier alpha value is -1.21. The van der Waals surface area contributed by atoms with Crippen LogP contribution in [-0.2, 0) is 4.84 Å². The Balaban J connectivity index is 1.86. The van der Waals surface area contributed by atoms with Crippen molar-refractivity contribution in [3.8, 4) is 0 Å². The van der Waals surface area contributed by atoms with Gasteiger partial charge in [-0.1, -0.05) is 12.8 Å². The molecular weight excluding hydrogens is 291 g/mol. The van der Waals surface area contributed by atoms with Crippen LogP contribution < -0.4 is 5.48 Å². The van der Waals surface area contributed by atoms with Crippen molar-refractivity contribution in [2.45, 2.75) is 42.2 Å². The van der Waals surface area contributed by atoms with Gasteiger partial charge in [0.1, 0.15) is 0 Å². The largest absolute Gasteiger partial charge is 0.446 e. The predicted molar refractivity (Wildman–Crippen MR) is 69.2 cm³/mol. The van der Waals surface area contributed by atoms with Gasteiger partial charge in [-0.3, -0.25) is 9.63 Å². The second-order valence-corrected chi connectivity index (χ2v) is 5.67. The Bertz CT molecular complexity index is 456. The van der Waals surface area contributed by atoms with Crippen LogP contribution in [0.3, 0.4) is 0 Å². The topological polar surface area (TPSA) is 38.3 Å². The van der Waals surface area contributed by atoms with E-state index in [2.05, 4.69) is 5.48 Å². The minimum absolute atomic E-state index is 0.0407. The lowest BCUT2D eigenvalue weighted by atomic mass is 10.2. The zero-order valence-electron chi connectivity index (χ0n) is 10.6. The second-order valence-electron chi connectivity index (χ2n) is 4.53. The Kier molecular flexibility index (Phi) is 4.93. The molecule has 110 valence electrons. The van der Waals surface area contributed by atoms with E-state index in [-0.39, 0.29) is 28.3 Å². The van der Waals surface area contributed by atoms with Gasteiger partial charge in [-0.25, -0.2) is 5.48 Å². The number of hydroxylamine groups is 1. The summed E-state index contributed by atoms with van der Waals surface area (Å²) in [5, 5.41) is 0. The SMILES string of the molecule is O=C(NOC1CCCC1)c1ccc(SC(F)(F)F)cc1. The molecule has 1 aliphatic rings. The van der Waals surface area contributed by atoms with Gasteiger partial charge >= 0.3 is 5.51 Å². The summed E-state index contributed by atoms with van der Waals surface area (Å²) in [4.78, 5) is 17.0. The zero-order valence-corrected chi connectivity index (χ0v) is 11.4. The van der Waals surface area contributed by atoms with Gasteiger partial charge < -0.3 is 0 Å². The summed E-state index contributed by atoms with van der Waals surface area (Å²) in [6.07, 6.45) is 4.05. The number of nitrogens with one attached hydrogen (secondary N) is 1. The lowest BCUT2D eigenvalue weighted by molar-refractivity contribution is -0.0328. The number of alkyl halides is 3. The van der Waals surface area contributed by atoms with Gasteiger partial charge in [-0.05, 0) is 48.9 Å². The second kappa shape index (κ2) is 6.49. The lowest BCUT2D eigenvalue weighted by Crippen LogP contribution is -2.28. The molecule has 0 saturated heterocycles. The summed E-state index contributed by atoms with van der Waals surface area (Å²) < 4.78 is 36.5. The van der Waals surface area contributed by atoms with Crippen LogP contribution in [-0.4, -0.2) is 17.5 Å². The minimum atomic E-state index is -4.32. The average molecular weight is 305 g/mol. The third-order valence-corrected chi connectivity index (χ3v) is 3.71. The molecule has 2 rings (SSSR count). The third-order valence-electron chi connectivity index (χ3n) is 2.97. The molecule has 0 unspecified atom stereocenters. The van der Waals surface area contributed by atoms with Crippen molar-refractivity contribution in [3.05, 3.63) is 29.8 Å². The van der Waals surface area contributed by atoms with Crippen LogP contribution in [0.25, 0.3) is 0 Å². The molecule has 0 radical (unpaired) electrons. The smallest absolute Gasteiger partial charge is 0.270 e. The first-order valence-corrected chi connectivity index (χ1v) is 7.07. The monoisotopic (exact) mass is 305 g/mol. The number of amides is 1. The average Bonchev–Trinajstić information content (AvgIpc) is 2.88. The molecule has 3 nitrogen and oxygen atoms in total. The number of hydrogen-bond acceptors (Lipinski definition) is 3. The fourth-order valence-electron chi connectivity index (χ4n) is 2.01. The number of benzene rings is 1. The highest BCUT2D eigenvalue weighted by molar-refractivity contribution is 8.00. The quantitative estimate of drug-likeness (QED) is 0.677. The van der Waals surface area contributed by atoms with Crippen LogP contribution in [0, 0.1) is 0 Å². The van der Waals surface area contributed by atoms with Gasteiger partial charge in [0.15, 0.2) is 0 Å². The molecule has 7 heteroatoms. The van der Waals surface area contributed by atoms with Gasteiger partial charge in [-0.15, -0.1) is 0 Å². The Labute approximate surface area is 118 Å². The highest BCUT2D eigenvalue weighted by Gasteiger charge is 2.29. The summed E-state index contributed by atoms with van der Waals surface area (Å²) in [5.74, 6) is -0.444. The summed E-state index contributed by atoms with van der Waals surface area (Å²) in [7, 11) is 0. The van der Waals surface area contributed by atoms with E-state index in [9.17, 15) is 18.0 Å². The van der Waals surface area contributed by atoms with Gasteiger partial charge in [0.2, 0.25) is 0 Å². The number of rotatable bonds is 4. The number of carbonyl (C=O) groups excluding carboxylic acids is 1. The molecule has 1 N–H and O–H groups in total. The molecule has 0 spiro atoms. The van der Waals surface area contributed by atoms with Crippen LogP contribution in [0.15, 0.2) is 29.2 Å². The fourth-order valence-corrected chi connectivity index (χ4v) is 2.55. The van der Waals surface area contributed by atoms with E-state index in [0.29, 0.717) is 0 Å². The maximum atomic E-state index is 12.2. The normalized spacial score (nSPS) is 16.4. The predicted octanol–water partition coefficient (Wildman–Crippen LogP) is 3.90. The van der Waals surface area contributed by atoms with Crippen LogP contribution in [0.2, 0.25) is 0 Å². The molecule has 20 heavy (non-hydrogen) atoms. The van der Waals surface area contributed by atoms with Gasteiger partial charge in [0.05, 0.1) is 6.10 Å². The lowest BCUT2D eigenvalue weighted by Gasteiger charge is -2.11. The summed E-state index contributed by atoms with van der Waals surface area (Å²) >= 11 is -0.208. The Morgan fingerprint density at radius 1 is 1.20 bits per heavy atom. The maximum absolute atomic E-state index is 12.2. The van der Waals surface area contributed by atoms with Crippen molar-refractivity contribution in [1.29, 1.82) is 0 Å². The van der Waals surface area contributed by atoms with E-state index in [1.165, 1.54) is 24.3 Å². The van der Waals surface area contributed by atoms with Gasteiger partial charge in [-0.2, -0.15) is 13.2 Å². The number of halogens is 3. The first-order valence-electron chi connectivity index (χ1n) is 6.26. The van der Waals surface area contributed by atoms with Crippen molar-refractivity contribution < 1.29 is 22.8 Å². The van der Waals surface area contributed by atoms with Crippen molar-refractivity contribution >= 4 is 17.7 Å². The van der Waals surface area contributed by atoms with E-state index in [1.54, 1.807) is 0 Å². The van der Waals surface area contributed by atoms with E-state index < -0.39 is 11.4 Å². The first-order chi connectivity index (χ1) is 9.44. The van der Waals surface area contributed by atoms with Gasteiger partial charge in [0, 0.05) is 10.5 Å². The van der Waals surface area contributed by atoms with Gasteiger partial charge in [0.25, 0.3) is 5.91 Å². The van der Waals surface area contributed by atoms with Crippen molar-refractivity contribution in [1.82, 2.24) is 5.48 Å². The maximum Gasteiger partial charge on any atom is 0.446 e. The Morgan fingerprint density at radius 2 is 1.80 bits per heavy atom. The van der Waals surface area contributed by atoms with Crippen molar-refractivity contribution in [2.75, 3.05) is 0 Å². The highest BCUT2D eigenvalue weighted by Crippen LogP contribution is 2.36. The molecule has 0 aromatic heterocycles. The minimum Gasteiger partial charge on any atom is -0.270 e. The molecule has 1 saturated carbocycles. The fraction of sp³-hybridized carbons (Fsp3) is 0.462. The highest BCUT2D eigenvalue weighted by atomic mass is 32.2. The van der Waals surface area contributed by atoms with E-state index >= 15 is 0 Å². The molecule has 1 aromatic carbocycles. The molecule has 1 aromatic rings. The van der Waals surface area contributed by atoms with Crippen molar-refractivity contribution in [3.63, 3.8) is 0 Å². The van der Waals surface area contributed by atoms with E-state index in [1.807, 2.05) is 0 Å². The molecule has 0 heterocycles. The Morgan fingerprint density at radius 3 is 2.35 bits per heavy atom. The molecule has 0 atom stereocenters. The summed E-state index contributed by atoms with van der Waals surface area (Å²) in [6, 6.07) is 5.23. The van der Waals surface area contributed by atoms with Crippen LogP contribution in [0.1, 0.15) is 36.0 Å². The summed E-state index contributed by atoms with van der Waals surface area (Å²) in [5.41, 5.74) is -1.71.